The van der Waals surface area contributed by atoms with E-state index in [9.17, 15) is 24.3 Å². The largest absolute Gasteiger partial charge is 0.513 e. The molecule has 226 valence electrons. The fraction of sp³-hybridized carbons (Fsp3) is 0.643. The highest BCUT2D eigenvalue weighted by Crippen LogP contribution is 2.37. The van der Waals surface area contributed by atoms with Gasteiger partial charge in [0.25, 0.3) is 0 Å². The molecule has 0 saturated heterocycles. The second-order valence-corrected chi connectivity index (χ2v) is 9.34. The lowest BCUT2D eigenvalue weighted by Crippen LogP contribution is -2.42. The Bertz CT molecular complexity index is 952. The van der Waals surface area contributed by atoms with Crippen molar-refractivity contribution in [3.05, 3.63) is 23.8 Å². The molecule has 0 aliphatic heterocycles. The van der Waals surface area contributed by atoms with Gasteiger partial charge in [0, 0.05) is 11.8 Å². The zero-order valence-corrected chi connectivity index (χ0v) is 24.0. The van der Waals surface area contributed by atoms with Crippen LogP contribution >= 0.6 is 0 Å². The quantitative estimate of drug-likeness (QED) is 0.100. The lowest BCUT2D eigenvalue weighted by atomic mass is 9.79. The highest BCUT2D eigenvalue weighted by atomic mass is 16.7. The smallest absolute Gasteiger partial charge is 0.480 e. The van der Waals surface area contributed by atoms with E-state index < -0.39 is 48.4 Å². The summed E-state index contributed by atoms with van der Waals surface area (Å²) in [6.45, 7) is 9.55. The summed E-state index contributed by atoms with van der Waals surface area (Å²) in [5.41, 5.74) is 6.40. The fourth-order valence-corrected chi connectivity index (χ4v) is 3.61. The summed E-state index contributed by atoms with van der Waals surface area (Å²) in [4.78, 5) is 48.5. The molecule has 40 heavy (non-hydrogen) atoms. The SMILES string of the molecule is CCCCOC(=O)Oc1ccc(C(C(C)C(C)OC(=O)OCCCC)[C@H](N)C(=O)O)cc1OC(=O)OCCCC. The predicted octanol–water partition coefficient (Wildman–Crippen LogP) is 5.79. The number of benzene rings is 1. The van der Waals surface area contributed by atoms with E-state index in [-0.39, 0.29) is 31.3 Å². The number of carboxylic acid groups (broad SMARTS) is 1. The van der Waals surface area contributed by atoms with Crippen LogP contribution in [0.15, 0.2) is 18.2 Å². The van der Waals surface area contributed by atoms with Gasteiger partial charge in [0.05, 0.1) is 19.8 Å². The number of aliphatic carboxylic acids is 1. The third-order valence-corrected chi connectivity index (χ3v) is 6.15. The van der Waals surface area contributed by atoms with E-state index in [1.807, 2.05) is 20.8 Å². The standard InChI is InChI=1S/C28H43NO11/c1-6-9-14-35-26(32)38-19(5)18(4)23(24(29)25(30)31)20-12-13-21(39-27(33)36-15-10-7-2)22(17-20)40-28(34)37-16-11-8-3/h12-13,17-19,23-24H,6-11,14-16,29H2,1-5H3,(H,30,31)/t18?,19?,23?,24-/m0/s1. The second-order valence-electron chi connectivity index (χ2n) is 9.34. The van der Waals surface area contributed by atoms with Gasteiger partial charge in [-0.2, -0.15) is 0 Å². The molecule has 0 amide bonds. The molecule has 0 bridgehead atoms. The van der Waals surface area contributed by atoms with E-state index in [1.54, 1.807) is 13.8 Å². The Morgan fingerprint density at radius 1 is 0.775 bits per heavy atom. The molecule has 1 rings (SSSR count). The van der Waals surface area contributed by atoms with Crippen LogP contribution in [0.5, 0.6) is 11.5 Å². The maximum atomic E-state index is 12.3. The first-order chi connectivity index (χ1) is 19.0. The summed E-state index contributed by atoms with van der Waals surface area (Å²) in [6, 6.07) is 2.74. The number of unbranched alkanes of at least 4 members (excludes halogenated alkanes) is 3. The van der Waals surface area contributed by atoms with Crippen LogP contribution in [0, 0.1) is 5.92 Å². The third kappa shape index (κ3) is 12.1. The van der Waals surface area contributed by atoms with Crippen LogP contribution in [0.4, 0.5) is 14.4 Å². The molecule has 0 saturated carbocycles. The van der Waals surface area contributed by atoms with Crippen LogP contribution < -0.4 is 15.2 Å². The predicted molar refractivity (Wildman–Crippen MR) is 145 cm³/mol. The van der Waals surface area contributed by atoms with Crippen molar-refractivity contribution in [2.75, 3.05) is 19.8 Å². The molecule has 1 aromatic carbocycles. The van der Waals surface area contributed by atoms with E-state index >= 15 is 0 Å². The summed E-state index contributed by atoms with van der Waals surface area (Å²) in [5, 5.41) is 9.73. The normalized spacial score (nSPS) is 13.8. The minimum atomic E-state index is -1.42. The van der Waals surface area contributed by atoms with Crippen molar-refractivity contribution in [3.63, 3.8) is 0 Å². The highest BCUT2D eigenvalue weighted by molar-refractivity contribution is 5.75. The monoisotopic (exact) mass is 569 g/mol. The third-order valence-electron chi connectivity index (χ3n) is 6.15. The summed E-state index contributed by atoms with van der Waals surface area (Å²) >= 11 is 0. The van der Waals surface area contributed by atoms with Gasteiger partial charge >= 0.3 is 24.4 Å². The van der Waals surface area contributed by atoms with Crippen LogP contribution in [0.2, 0.25) is 0 Å². The molecule has 3 N–H and O–H groups in total. The molecule has 3 unspecified atom stereocenters. The van der Waals surface area contributed by atoms with E-state index in [4.69, 9.17) is 34.2 Å². The first kappa shape index (κ1) is 34.5. The fourth-order valence-electron chi connectivity index (χ4n) is 3.61. The Morgan fingerprint density at radius 2 is 1.25 bits per heavy atom. The van der Waals surface area contributed by atoms with Crippen molar-refractivity contribution in [2.45, 2.75) is 91.2 Å². The average molecular weight is 570 g/mol. The molecule has 4 atom stereocenters. The van der Waals surface area contributed by atoms with Crippen LogP contribution in [0.25, 0.3) is 0 Å². The van der Waals surface area contributed by atoms with Gasteiger partial charge in [0.1, 0.15) is 12.1 Å². The van der Waals surface area contributed by atoms with Gasteiger partial charge in [0.15, 0.2) is 11.5 Å². The molecule has 12 heteroatoms. The zero-order valence-electron chi connectivity index (χ0n) is 24.0. The van der Waals surface area contributed by atoms with E-state index in [0.29, 0.717) is 24.8 Å². The van der Waals surface area contributed by atoms with Gasteiger partial charge in [-0.15, -0.1) is 0 Å². The number of carbonyl (C=O) groups excluding carboxylic acids is 3. The molecule has 1 aromatic rings. The van der Waals surface area contributed by atoms with Gasteiger partial charge < -0.3 is 39.3 Å². The Hall–Kier alpha value is -3.54. The number of rotatable bonds is 17. The van der Waals surface area contributed by atoms with Gasteiger partial charge in [-0.1, -0.05) is 53.0 Å². The molecule has 0 aliphatic rings. The first-order valence-electron chi connectivity index (χ1n) is 13.7. The Kier molecular flexibility index (Phi) is 16.1. The molecule has 0 aromatic heterocycles. The van der Waals surface area contributed by atoms with Crippen molar-refractivity contribution < 1.29 is 52.7 Å². The lowest BCUT2D eigenvalue weighted by Gasteiger charge is -2.31. The minimum Gasteiger partial charge on any atom is -0.480 e. The average Bonchev–Trinajstić information content (AvgIpc) is 2.90. The Balaban J connectivity index is 3.31. The zero-order chi connectivity index (χ0) is 30.1. The number of carboxylic acids is 1. The van der Waals surface area contributed by atoms with Crippen molar-refractivity contribution in [3.8, 4) is 11.5 Å². The number of hydrogen-bond acceptors (Lipinski definition) is 11. The second kappa shape index (κ2) is 18.7. The van der Waals surface area contributed by atoms with E-state index in [0.717, 1.165) is 19.3 Å². The van der Waals surface area contributed by atoms with Gasteiger partial charge in [-0.3, -0.25) is 4.79 Å². The van der Waals surface area contributed by atoms with Crippen LogP contribution in [-0.2, 0) is 23.7 Å². The molecule has 12 nitrogen and oxygen atoms in total. The maximum absolute atomic E-state index is 12.3. The minimum absolute atomic E-state index is 0.122. The van der Waals surface area contributed by atoms with Crippen LogP contribution in [0.1, 0.15) is 84.6 Å². The van der Waals surface area contributed by atoms with Gasteiger partial charge in [-0.25, -0.2) is 14.4 Å². The lowest BCUT2D eigenvalue weighted by molar-refractivity contribution is -0.139. The molecule has 0 heterocycles. The molecule has 0 aliphatic carbocycles. The molecule has 0 spiro atoms. The van der Waals surface area contributed by atoms with E-state index in [1.165, 1.54) is 18.2 Å². The Morgan fingerprint density at radius 3 is 1.73 bits per heavy atom. The summed E-state index contributed by atoms with van der Waals surface area (Å²) < 4.78 is 31.1. The van der Waals surface area contributed by atoms with Crippen LogP contribution in [-0.4, -0.2) is 61.5 Å². The van der Waals surface area contributed by atoms with Crippen molar-refractivity contribution in [1.29, 1.82) is 0 Å². The van der Waals surface area contributed by atoms with E-state index in [2.05, 4.69) is 0 Å². The molecule has 0 radical (unpaired) electrons. The summed E-state index contributed by atoms with van der Waals surface area (Å²) in [6.07, 6.45) is 0.666. The number of ether oxygens (including phenoxy) is 6. The summed E-state index contributed by atoms with van der Waals surface area (Å²) in [5.74, 6) is -3.18. The molecular formula is C28H43NO11. The number of carbonyl (C=O) groups is 4. The van der Waals surface area contributed by atoms with Crippen molar-refractivity contribution >= 4 is 24.4 Å². The molecule has 0 fully saturated rings. The summed E-state index contributed by atoms with van der Waals surface area (Å²) in [7, 11) is 0. The number of nitrogens with two attached hydrogens (primary N) is 1. The first-order valence-corrected chi connectivity index (χ1v) is 13.7. The highest BCUT2D eigenvalue weighted by Gasteiger charge is 2.36. The van der Waals surface area contributed by atoms with Crippen molar-refractivity contribution in [2.24, 2.45) is 11.7 Å². The van der Waals surface area contributed by atoms with Gasteiger partial charge in [-0.05, 0) is 43.9 Å². The molecular weight excluding hydrogens is 526 g/mol. The number of hydrogen-bond donors (Lipinski definition) is 2. The Labute approximate surface area is 235 Å². The van der Waals surface area contributed by atoms with Crippen molar-refractivity contribution in [1.82, 2.24) is 0 Å². The van der Waals surface area contributed by atoms with Crippen LogP contribution in [0.3, 0.4) is 0 Å². The van der Waals surface area contributed by atoms with Gasteiger partial charge in [0.2, 0.25) is 0 Å². The maximum Gasteiger partial charge on any atom is 0.513 e. The topological polar surface area (TPSA) is 170 Å².